The lowest BCUT2D eigenvalue weighted by Crippen LogP contribution is -2.33. The van der Waals surface area contributed by atoms with Gasteiger partial charge < -0.3 is 18.9 Å². The first-order valence-electron chi connectivity index (χ1n) is 10.1. The van der Waals surface area contributed by atoms with Gasteiger partial charge in [-0.15, -0.1) is 10.2 Å². The van der Waals surface area contributed by atoms with Gasteiger partial charge in [-0.3, -0.25) is 4.79 Å². The van der Waals surface area contributed by atoms with Crippen molar-refractivity contribution in [3.05, 3.63) is 35.4 Å². The quantitative estimate of drug-likeness (QED) is 0.793. The highest BCUT2D eigenvalue weighted by Crippen LogP contribution is 2.33. The molecule has 1 aromatic carbocycles. The van der Waals surface area contributed by atoms with Crippen molar-refractivity contribution in [3.8, 4) is 11.5 Å². The molecule has 1 amide bonds. The third kappa shape index (κ3) is 3.57. The minimum absolute atomic E-state index is 0.0343. The molecule has 1 saturated heterocycles. The van der Waals surface area contributed by atoms with Gasteiger partial charge in [-0.05, 0) is 43.4 Å². The van der Waals surface area contributed by atoms with Crippen LogP contribution in [0.25, 0.3) is 0 Å². The molecule has 2 aromatic rings. The zero-order chi connectivity index (χ0) is 19.5. The summed E-state index contributed by atoms with van der Waals surface area (Å²) in [6.45, 7) is 1.74. The van der Waals surface area contributed by atoms with Crippen molar-refractivity contribution < 1.29 is 14.3 Å². The van der Waals surface area contributed by atoms with Crippen LogP contribution in [0.3, 0.4) is 0 Å². The molecule has 4 rings (SSSR count). The smallest absolute Gasteiger partial charge is 0.227 e. The van der Waals surface area contributed by atoms with Crippen LogP contribution < -0.4 is 9.47 Å². The van der Waals surface area contributed by atoms with Crippen LogP contribution in [0.15, 0.2) is 18.2 Å². The normalized spacial score (nSPS) is 19.2. The molecule has 7 nitrogen and oxygen atoms in total. The van der Waals surface area contributed by atoms with Gasteiger partial charge in [0.15, 0.2) is 17.3 Å². The summed E-state index contributed by atoms with van der Waals surface area (Å²) in [7, 11) is 3.22. The standard InChI is InChI=1S/C21H28N4O3/c1-27-17-10-9-15(13-18(17)28-2)14-20(26)24-12-6-7-16(24)21-23-22-19-8-4-3-5-11-25(19)21/h9-10,13,16H,3-8,11-12,14H2,1-2H3/t16-/m1/s1. The molecular weight excluding hydrogens is 356 g/mol. The van der Waals surface area contributed by atoms with Crippen molar-refractivity contribution in [1.29, 1.82) is 0 Å². The molecule has 1 atom stereocenters. The molecule has 0 aliphatic carbocycles. The number of nitrogens with zero attached hydrogens (tertiary/aromatic N) is 4. The molecule has 0 bridgehead atoms. The van der Waals surface area contributed by atoms with E-state index in [4.69, 9.17) is 9.47 Å². The number of fused-ring (bicyclic) bond motifs is 1. The molecule has 0 unspecified atom stereocenters. The van der Waals surface area contributed by atoms with Gasteiger partial charge in [0.05, 0.1) is 26.7 Å². The Morgan fingerprint density at radius 2 is 1.93 bits per heavy atom. The van der Waals surface area contributed by atoms with Crippen LogP contribution in [0.1, 0.15) is 55.4 Å². The average molecular weight is 384 g/mol. The van der Waals surface area contributed by atoms with Crippen LogP contribution in [0.2, 0.25) is 0 Å². The van der Waals surface area contributed by atoms with Crippen molar-refractivity contribution in [1.82, 2.24) is 19.7 Å². The fourth-order valence-corrected chi connectivity index (χ4v) is 4.35. The zero-order valence-corrected chi connectivity index (χ0v) is 16.7. The molecule has 0 radical (unpaired) electrons. The summed E-state index contributed by atoms with van der Waals surface area (Å²) in [6, 6.07) is 5.69. The lowest BCUT2D eigenvalue weighted by atomic mass is 10.1. The summed E-state index contributed by atoms with van der Waals surface area (Å²) in [5.41, 5.74) is 0.924. The number of benzene rings is 1. The second kappa shape index (κ2) is 8.20. The van der Waals surface area contributed by atoms with Crippen LogP contribution >= 0.6 is 0 Å². The summed E-state index contributed by atoms with van der Waals surface area (Å²) < 4.78 is 12.9. The number of aryl methyl sites for hydroxylation is 1. The topological polar surface area (TPSA) is 69.5 Å². The van der Waals surface area contributed by atoms with E-state index in [0.29, 0.717) is 17.9 Å². The molecule has 1 fully saturated rings. The van der Waals surface area contributed by atoms with E-state index in [0.717, 1.165) is 56.0 Å². The number of likely N-dealkylation sites (tertiary alicyclic amines) is 1. The molecular formula is C21H28N4O3. The van der Waals surface area contributed by atoms with Crippen LogP contribution in [-0.2, 0) is 24.2 Å². The Balaban J connectivity index is 1.52. The minimum Gasteiger partial charge on any atom is -0.493 e. The van der Waals surface area contributed by atoms with Gasteiger partial charge in [-0.2, -0.15) is 0 Å². The first-order chi connectivity index (χ1) is 13.7. The van der Waals surface area contributed by atoms with Crippen LogP contribution in [0.4, 0.5) is 0 Å². The fourth-order valence-electron chi connectivity index (χ4n) is 4.35. The van der Waals surface area contributed by atoms with E-state index in [1.54, 1.807) is 14.2 Å². The minimum atomic E-state index is 0.0343. The van der Waals surface area contributed by atoms with E-state index in [2.05, 4.69) is 14.8 Å². The predicted molar refractivity (Wildman–Crippen MR) is 105 cm³/mol. The number of carbonyl (C=O) groups is 1. The van der Waals surface area contributed by atoms with E-state index in [-0.39, 0.29) is 11.9 Å². The van der Waals surface area contributed by atoms with Gasteiger partial charge in [-0.1, -0.05) is 12.5 Å². The number of ether oxygens (including phenoxy) is 2. The van der Waals surface area contributed by atoms with Crippen molar-refractivity contribution >= 4 is 5.91 Å². The van der Waals surface area contributed by atoms with Gasteiger partial charge >= 0.3 is 0 Å². The molecule has 3 heterocycles. The van der Waals surface area contributed by atoms with Gasteiger partial charge in [0, 0.05) is 19.5 Å². The number of methoxy groups -OCH3 is 2. The van der Waals surface area contributed by atoms with Crippen molar-refractivity contribution in [2.75, 3.05) is 20.8 Å². The van der Waals surface area contributed by atoms with Crippen molar-refractivity contribution in [2.24, 2.45) is 0 Å². The first-order valence-corrected chi connectivity index (χ1v) is 10.1. The van der Waals surface area contributed by atoms with E-state index < -0.39 is 0 Å². The Bertz CT molecular complexity index is 848. The van der Waals surface area contributed by atoms with E-state index >= 15 is 0 Å². The second-order valence-corrected chi connectivity index (χ2v) is 7.55. The Labute approximate surface area is 165 Å². The molecule has 0 N–H and O–H groups in total. The van der Waals surface area contributed by atoms with E-state index in [9.17, 15) is 4.79 Å². The summed E-state index contributed by atoms with van der Waals surface area (Å²) >= 11 is 0. The zero-order valence-electron chi connectivity index (χ0n) is 16.7. The largest absolute Gasteiger partial charge is 0.493 e. The lowest BCUT2D eigenvalue weighted by Gasteiger charge is -2.25. The molecule has 7 heteroatoms. The highest BCUT2D eigenvalue weighted by Gasteiger charge is 2.34. The Hall–Kier alpha value is -2.57. The molecule has 0 spiro atoms. The molecule has 1 aromatic heterocycles. The second-order valence-electron chi connectivity index (χ2n) is 7.55. The lowest BCUT2D eigenvalue weighted by molar-refractivity contribution is -0.131. The highest BCUT2D eigenvalue weighted by molar-refractivity contribution is 5.79. The number of hydrogen-bond donors (Lipinski definition) is 0. The molecule has 2 aliphatic rings. The maximum Gasteiger partial charge on any atom is 0.227 e. The van der Waals surface area contributed by atoms with E-state index in [1.807, 2.05) is 23.1 Å². The molecule has 2 aliphatic heterocycles. The molecule has 28 heavy (non-hydrogen) atoms. The predicted octanol–water partition coefficient (Wildman–Crippen LogP) is 2.93. The third-order valence-corrected chi connectivity index (χ3v) is 5.81. The van der Waals surface area contributed by atoms with Crippen LogP contribution in [0, 0.1) is 0 Å². The SMILES string of the molecule is COc1ccc(CC(=O)N2CCC[C@@H]2c2nnc3n2CCCCC3)cc1OC. The summed E-state index contributed by atoms with van der Waals surface area (Å²) in [5.74, 6) is 3.49. The van der Waals surface area contributed by atoms with Crippen molar-refractivity contribution in [3.63, 3.8) is 0 Å². The van der Waals surface area contributed by atoms with Gasteiger partial charge in [-0.25, -0.2) is 0 Å². The molecule has 150 valence electrons. The summed E-state index contributed by atoms with van der Waals surface area (Å²) in [6.07, 6.45) is 6.85. The maximum atomic E-state index is 13.1. The Kier molecular flexibility index (Phi) is 5.50. The summed E-state index contributed by atoms with van der Waals surface area (Å²) in [4.78, 5) is 15.1. The van der Waals surface area contributed by atoms with Crippen LogP contribution in [-0.4, -0.2) is 46.3 Å². The number of carbonyl (C=O) groups excluding carboxylic acids is 1. The van der Waals surface area contributed by atoms with Gasteiger partial charge in [0.2, 0.25) is 5.91 Å². The van der Waals surface area contributed by atoms with E-state index in [1.165, 1.54) is 12.8 Å². The third-order valence-electron chi connectivity index (χ3n) is 5.81. The highest BCUT2D eigenvalue weighted by atomic mass is 16.5. The fraction of sp³-hybridized carbons (Fsp3) is 0.571. The molecule has 0 saturated carbocycles. The number of hydrogen-bond acceptors (Lipinski definition) is 5. The van der Waals surface area contributed by atoms with Gasteiger partial charge in [0.1, 0.15) is 5.82 Å². The van der Waals surface area contributed by atoms with Crippen molar-refractivity contribution in [2.45, 2.75) is 57.5 Å². The van der Waals surface area contributed by atoms with Crippen LogP contribution in [0.5, 0.6) is 11.5 Å². The monoisotopic (exact) mass is 384 g/mol. The average Bonchev–Trinajstić information content (AvgIpc) is 3.28. The van der Waals surface area contributed by atoms with Gasteiger partial charge in [0.25, 0.3) is 0 Å². The number of rotatable bonds is 5. The Morgan fingerprint density at radius 1 is 1.07 bits per heavy atom. The maximum absolute atomic E-state index is 13.1. The first kappa shape index (κ1) is 18.8. The summed E-state index contributed by atoms with van der Waals surface area (Å²) in [5, 5.41) is 8.92. The Morgan fingerprint density at radius 3 is 2.75 bits per heavy atom. The number of aromatic nitrogens is 3. The number of amides is 1.